The van der Waals surface area contributed by atoms with E-state index in [9.17, 15) is 9.90 Å². The molecular weight excluding hydrogens is 282 g/mol. The van der Waals surface area contributed by atoms with E-state index in [1.165, 1.54) is 0 Å². The molecule has 0 saturated carbocycles. The van der Waals surface area contributed by atoms with Crippen LogP contribution in [-0.2, 0) is 16.1 Å². The van der Waals surface area contributed by atoms with Gasteiger partial charge in [0.15, 0.2) is 0 Å². The SMILES string of the molecule is CC(C)(C)OC(=O)NCC(CO)CCOCc1ccccc1. The quantitative estimate of drug-likeness (QED) is 0.725. The Morgan fingerprint density at radius 3 is 2.55 bits per heavy atom. The molecule has 0 fully saturated rings. The van der Waals surface area contributed by atoms with E-state index in [1.54, 1.807) is 0 Å². The zero-order valence-corrected chi connectivity index (χ0v) is 13.7. The number of amides is 1. The highest BCUT2D eigenvalue weighted by Crippen LogP contribution is 2.08. The Morgan fingerprint density at radius 1 is 1.27 bits per heavy atom. The van der Waals surface area contributed by atoms with E-state index in [0.29, 0.717) is 26.2 Å². The Balaban J connectivity index is 2.18. The monoisotopic (exact) mass is 309 g/mol. The predicted molar refractivity (Wildman–Crippen MR) is 85.5 cm³/mol. The maximum atomic E-state index is 11.5. The third-order valence-corrected chi connectivity index (χ3v) is 2.97. The summed E-state index contributed by atoms with van der Waals surface area (Å²) in [6, 6.07) is 9.93. The second-order valence-electron chi connectivity index (χ2n) is 6.26. The van der Waals surface area contributed by atoms with Crippen LogP contribution in [0.3, 0.4) is 0 Å². The van der Waals surface area contributed by atoms with E-state index in [0.717, 1.165) is 5.56 Å². The molecule has 0 bridgehead atoms. The maximum absolute atomic E-state index is 11.5. The van der Waals surface area contributed by atoms with Crippen LogP contribution < -0.4 is 5.32 Å². The van der Waals surface area contributed by atoms with Crippen LogP contribution in [-0.4, -0.2) is 36.6 Å². The smallest absolute Gasteiger partial charge is 0.407 e. The standard InChI is InChI=1S/C17H27NO4/c1-17(2,3)22-16(20)18-11-15(12-19)9-10-21-13-14-7-5-4-6-8-14/h4-8,15,19H,9-13H2,1-3H3,(H,18,20). The number of hydrogen-bond acceptors (Lipinski definition) is 4. The van der Waals surface area contributed by atoms with Crippen LogP contribution in [0.15, 0.2) is 30.3 Å². The molecule has 0 aromatic heterocycles. The maximum Gasteiger partial charge on any atom is 0.407 e. The van der Waals surface area contributed by atoms with Gasteiger partial charge < -0.3 is 19.9 Å². The first kappa shape index (κ1) is 18.5. The number of alkyl carbamates (subject to hydrolysis) is 1. The van der Waals surface area contributed by atoms with Crippen molar-refractivity contribution < 1.29 is 19.4 Å². The van der Waals surface area contributed by atoms with Gasteiger partial charge in [-0.1, -0.05) is 30.3 Å². The summed E-state index contributed by atoms with van der Waals surface area (Å²) >= 11 is 0. The fourth-order valence-corrected chi connectivity index (χ4v) is 1.81. The Kier molecular flexibility index (Phi) is 7.91. The first-order valence-corrected chi connectivity index (χ1v) is 7.60. The fourth-order valence-electron chi connectivity index (χ4n) is 1.81. The van der Waals surface area contributed by atoms with Gasteiger partial charge in [-0.25, -0.2) is 4.79 Å². The molecule has 0 aliphatic carbocycles. The number of carbonyl (C=O) groups is 1. The van der Waals surface area contributed by atoms with Gasteiger partial charge in [0.25, 0.3) is 0 Å². The van der Waals surface area contributed by atoms with Gasteiger partial charge in [0.2, 0.25) is 0 Å². The first-order valence-electron chi connectivity index (χ1n) is 7.60. The van der Waals surface area contributed by atoms with Crippen molar-refractivity contribution in [1.29, 1.82) is 0 Å². The number of rotatable bonds is 8. The normalized spacial score (nSPS) is 12.7. The molecule has 22 heavy (non-hydrogen) atoms. The summed E-state index contributed by atoms with van der Waals surface area (Å²) in [4.78, 5) is 11.5. The van der Waals surface area contributed by atoms with Crippen LogP contribution in [0.25, 0.3) is 0 Å². The Hall–Kier alpha value is -1.59. The summed E-state index contributed by atoms with van der Waals surface area (Å²) in [6.07, 6.45) is 0.218. The molecule has 2 N–H and O–H groups in total. The number of carbonyl (C=O) groups excluding carboxylic acids is 1. The molecule has 1 atom stereocenters. The van der Waals surface area contributed by atoms with Gasteiger partial charge >= 0.3 is 6.09 Å². The van der Waals surface area contributed by atoms with E-state index in [-0.39, 0.29) is 12.5 Å². The third-order valence-electron chi connectivity index (χ3n) is 2.97. The molecule has 1 amide bonds. The van der Waals surface area contributed by atoms with Gasteiger partial charge in [-0.3, -0.25) is 0 Å². The van der Waals surface area contributed by atoms with Crippen molar-refractivity contribution in [2.24, 2.45) is 5.92 Å². The second-order valence-corrected chi connectivity index (χ2v) is 6.26. The Labute approximate surface area is 132 Å². The lowest BCUT2D eigenvalue weighted by Gasteiger charge is -2.21. The highest BCUT2D eigenvalue weighted by Gasteiger charge is 2.17. The van der Waals surface area contributed by atoms with Crippen molar-refractivity contribution in [3.8, 4) is 0 Å². The largest absolute Gasteiger partial charge is 0.444 e. The highest BCUT2D eigenvalue weighted by atomic mass is 16.6. The molecule has 1 aromatic rings. The lowest BCUT2D eigenvalue weighted by Crippen LogP contribution is -2.36. The molecule has 0 aliphatic heterocycles. The summed E-state index contributed by atoms with van der Waals surface area (Å²) < 4.78 is 10.7. The van der Waals surface area contributed by atoms with Crippen LogP contribution in [0.5, 0.6) is 0 Å². The van der Waals surface area contributed by atoms with Gasteiger partial charge in [0, 0.05) is 25.7 Å². The van der Waals surface area contributed by atoms with Gasteiger partial charge in [0.05, 0.1) is 6.61 Å². The second kappa shape index (κ2) is 9.43. The summed E-state index contributed by atoms with van der Waals surface area (Å²) in [7, 11) is 0. The number of aliphatic hydroxyl groups excluding tert-OH is 1. The minimum atomic E-state index is -0.516. The zero-order valence-electron chi connectivity index (χ0n) is 13.7. The molecule has 124 valence electrons. The van der Waals surface area contributed by atoms with E-state index in [4.69, 9.17) is 9.47 Å². The number of ether oxygens (including phenoxy) is 2. The number of hydrogen-bond donors (Lipinski definition) is 2. The predicted octanol–water partition coefficient (Wildman–Crippen LogP) is 2.73. The number of nitrogens with one attached hydrogen (secondary N) is 1. The van der Waals surface area contributed by atoms with Crippen molar-refractivity contribution in [1.82, 2.24) is 5.32 Å². The lowest BCUT2D eigenvalue weighted by molar-refractivity contribution is 0.0497. The Bertz CT molecular complexity index is 428. The topological polar surface area (TPSA) is 67.8 Å². The molecule has 1 rings (SSSR count). The molecule has 5 nitrogen and oxygen atoms in total. The lowest BCUT2D eigenvalue weighted by atomic mass is 10.1. The minimum Gasteiger partial charge on any atom is -0.444 e. The third kappa shape index (κ3) is 8.64. The molecule has 0 aliphatic rings. The summed E-state index contributed by atoms with van der Waals surface area (Å²) in [6.45, 7) is 6.91. The van der Waals surface area contributed by atoms with Crippen molar-refractivity contribution in [3.63, 3.8) is 0 Å². The molecule has 0 heterocycles. The average molecular weight is 309 g/mol. The van der Waals surface area contributed by atoms with Crippen LogP contribution in [0, 0.1) is 5.92 Å². The fraction of sp³-hybridized carbons (Fsp3) is 0.588. The van der Waals surface area contributed by atoms with Crippen LogP contribution in [0.4, 0.5) is 4.79 Å². The first-order chi connectivity index (χ1) is 10.4. The van der Waals surface area contributed by atoms with Gasteiger partial charge in [0.1, 0.15) is 5.60 Å². The molecule has 1 aromatic carbocycles. The summed E-state index contributed by atoms with van der Waals surface area (Å²) in [5.41, 5.74) is 0.604. The van der Waals surface area contributed by atoms with Crippen molar-refractivity contribution >= 4 is 6.09 Å². The van der Waals surface area contributed by atoms with Crippen LogP contribution in [0.2, 0.25) is 0 Å². The van der Waals surface area contributed by atoms with E-state index >= 15 is 0 Å². The number of benzene rings is 1. The van der Waals surface area contributed by atoms with Crippen molar-refractivity contribution in [2.75, 3.05) is 19.8 Å². The Morgan fingerprint density at radius 2 is 1.95 bits per heavy atom. The molecular formula is C17H27NO4. The molecule has 0 radical (unpaired) electrons. The van der Waals surface area contributed by atoms with Crippen molar-refractivity contribution in [2.45, 2.75) is 39.4 Å². The van der Waals surface area contributed by atoms with Crippen LogP contribution >= 0.6 is 0 Å². The molecule has 0 saturated heterocycles. The number of aliphatic hydroxyl groups is 1. The van der Waals surface area contributed by atoms with Gasteiger partial charge in [-0.05, 0) is 32.8 Å². The van der Waals surface area contributed by atoms with Gasteiger partial charge in [-0.15, -0.1) is 0 Å². The van der Waals surface area contributed by atoms with Crippen LogP contribution in [0.1, 0.15) is 32.8 Å². The van der Waals surface area contributed by atoms with E-state index in [1.807, 2.05) is 51.1 Å². The molecule has 0 spiro atoms. The van der Waals surface area contributed by atoms with Gasteiger partial charge in [-0.2, -0.15) is 0 Å². The average Bonchev–Trinajstić information content (AvgIpc) is 2.46. The summed E-state index contributed by atoms with van der Waals surface area (Å²) in [5.74, 6) is -0.0386. The summed E-state index contributed by atoms with van der Waals surface area (Å²) in [5, 5.41) is 12.0. The molecule has 1 unspecified atom stereocenters. The highest BCUT2D eigenvalue weighted by molar-refractivity contribution is 5.67. The van der Waals surface area contributed by atoms with E-state index < -0.39 is 11.7 Å². The zero-order chi connectivity index (χ0) is 16.4. The van der Waals surface area contributed by atoms with Crippen molar-refractivity contribution in [3.05, 3.63) is 35.9 Å². The molecule has 5 heteroatoms. The minimum absolute atomic E-state index is 0.00446. The van der Waals surface area contributed by atoms with E-state index in [2.05, 4.69) is 5.32 Å².